The lowest BCUT2D eigenvalue weighted by Crippen LogP contribution is -2.67. The molecule has 0 aromatic carbocycles. The molecule has 5 aliphatic carbocycles. The van der Waals surface area contributed by atoms with Gasteiger partial charge in [0, 0.05) is 12.0 Å². The molecule has 0 radical (unpaired) electrons. The summed E-state index contributed by atoms with van der Waals surface area (Å²) >= 11 is 0. The summed E-state index contributed by atoms with van der Waals surface area (Å²) in [5.74, 6) is 1.21. The van der Waals surface area contributed by atoms with E-state index in [2.05, 4.69) is 73.5 Å². The summed E-state index contributed by atoms with van der Waals surface area (Å²) in [4.78, 5) is 29.8. The Balaban J connectivity index is 1.59. The number of carbonyl (C=O) groups is 2. The third-order valence-electron chi connectivity index (χ3n) is 13.9. The van der Waals surface area contributed by atoms with Crippen LogP contribution in [0.15, 0.2) is 11.6 Å². The number of ketones is 1. The van der Waals surface area contributed by atoms with E-state index >= 15 is 0 Å². The number of esters is 1. The van der Waals surface area contributed by atoms with Crippen LogP contribution in [-0.2, 0) is 14.3 Å². The average Bonchev–Trinajstić information content (AvgIpc) is 2.80. The highest BCUT2D eigenvalue weighted by Gasteiger charge is 2.70. The topological polar surface area (TPSA) is 46.6 Å². The Morgan fingerprint density at radius 1 is 0.919 bits per heavy atom. The SMILES string of the molecule is COC(=O)[C@]1(C)CC[C@@]2(C)CC[C@@]3(C)C(=CC(=O)[C@@H]4[C@]5(C)CC[C@@H](N(C)C)C(C)(C)[C@@H]5CC[C@]43C)[C@@H]2C1. The number of hydrogen-bond acceptors (Lipinski definition) is 4. The first-order chi connectivity index (χ1) is 17.0. The summed E-state index contributed by atoms with van der Waals surface area (Å²) in [6.07, 6.45) is 11.8. The molecule has 0 aromatic heterocycles. The van der Waals surface area contributed by atoms with Gasteiger partial charge in [-0.2, -0.15) is 0 Å². The highest BCUT2D eigenvalue weighted by molar-refractivity contribution is 5.95. The van der Waals surface area contributed by atoms with Gasteiger partial charge in [0.25, 0.3) is 0 Å². The van der Waals surface area contributed by atoms with E-state index in [0.29, 0.717) is 17.7 Å². The number of nitrogens with zero attached hydrogens (tertiary/aromatic N) is 1. The summed E-state index contributed by atoms with van der Waals surface area (Å²) in [6.45, 7) is 16.9. The highest BCUT2D eigenvalue weighted by Crippen LogP contribution is 2.75. The van der Waals surface area contributed by atoms with Crippen LogP contribution >= 0.6 is 0 Å². The maximum absolute atomic E-state index is 14.5. The van der Waals surface area contributed by atoms with Gasteiger partial charge in [0.05, 0.1) is 12.5 Å². The molecule has 0 unspecified atom stereocenters. The molecular weight excluding hydrogens is 458 g/mol. The molecule has 9 atom stereocenters. The lowest BCUT2D eigenvalue weighted by molar-refractivity contribution is -0.194. The molecule has 4 heteroatoms. The minimum atomic E-state index is -0.461. The zero-order valence-electron chi connectivity index (χ0n) is 25.4. The van der Waals surface area contributed by atoms with Gasteiger partial charge < -0.3 is 9.64 Å². The van der Waals surface area contributed by atoms with E-state index in [1.54, 1.807) is 0 Å². The summed E-state index contributed by atoms with van der Waals surface area (Å²) in [7, 11) is 5.98. The molecule has 5 rings (SSSR count). The van der Waals surface area contributed by atoms with Crippen LogP contribution in [0.1, 0.15) is 106 Å². The molecule has 0 saturated heterocycles. The fourth-order valence-electron chi connectivity index (χ4n) is 11.5. The molecule has 0 amide bonds. The predicted octanol–water partition coefficient (Wildman–Crippen LogP) is 7.07. The standard InChI is InChI=1S/C33H53NO3/c1-28(2)24-11-14-33(7)26(31(24,5)13-12-25(28)34(8)9)23(35)19-21-22-20-30(4,27(36)37-10)16-15-29(22,3)17-18-32(21,33)6/h19,22,24-26H,11-18,20H2,1-10H3/t22-,24-,25+,26+,29-,30+,31+,32-,33+/m0/s1. The van der Waals surface area contributed by atoms with Crippen molar-refractivity contribution in [3.63, 3.8) is 0 Å². The summed E-state index contributed by atoms with van der Waals surface area (Å²) in [5, 5.41) is 0. The van der Waals surface area contributed by atoms with Crippen molar-refractivity contribution >= 4 is 11.8 Å². The van der Waals surface area contributed by atoms with E-state index in [1.165, 1.54) is 31.9 Å². The van der Waals surface area contributed by atoms with E-state index in [1.807, 2.05) is 0 Å². The maximum atomic E-state index is 14.5. The smallest absolute Gasteiger partial charge is 0.311 e. The van der Waals surface area contributed by atoms with E-state index in [-0.39, 0.29) is 44.9 Å². The average molecular weight is 512 g/mol. The minimum Gasteiger partial charge on any atom is -0.469 e. The van der Waals surface area contributed by atoms with Crippen LogP contribution < -0.4 is 0 Å². The first-order valence-corrected chi connectivity index (χ1v) is 15.0. The predicted molar refractivity (Wildman–Crippen MR) is 149 cm³/mol. The molecule has 0 spiro atoms. The van der Waals surface area contributed by atoms with Gasteiger partial charge in [-0.15, -0.1) is 0 Å². The van der Waals surface area contributed by atoms with Crippen molar-refractivity contribution in [1.29, 1.82) is 0 Å². The Bertz CT molecular complexity index is 1030. The Morgan fingerprint density at radius 2 is 1.57 bits per heavy atom. The Labute approximate surface area is 226 Å². The molecule has 37 heavy (non-hydrogen) atoms. The van der Waals surface area contributed by atoms with Crippen molar-refractivity contribution in [3.8, 4) is 0 Å². The molecule has 0 N–H and O–H groups in total. The molecule has 4 saturated carbocycles. The van der Waals surface area contributed by atoms with Crippen molar-refractivity contribution in [3.05, 3.63) is 11.6 Å². The van der Waals surface area contributed by atoms with E-state index < -0.39 is 5.41 Å². The number of hydrogen-bond donors (Lipinski definition) is 0. The van der Waals surface area contributed by atoms with Gasteiger partial charge in [-0.25, -0.2) is 0 Å². The first kappa shape index (κ1) is 27.4. The highest BCUT2D eigenvalue weighted by atomic mass is 16.5. The van der Waals surface area contributed by atoms with Crippen LogP contribution in [0, 0.1) is 50.2 Å². The molecule has 0 aromatic rings. The lowest BCUT2D eigenvalue weighted by Gasteiger charge is -2.71. The van der Waals surface area contributed by atoms with Crippen LogP contribution in [0.3, 0.4) is 0 Å². The van der Waals surface area contributed by atoms with Crippen LogP contribution in [0.5, 0.6) is 0 Å². The summed E-state index contributed by atoms with van der Waals surface area (Å²) in [6, 6.07) is 0.559. The van der Waals surface area contributed by atoms with Gasteiger partial charge in [0.15, 0.2) is 5.78 Å². The van der Waals surface area contributed by atoms with Crippen molar-refractivity contribution < 1.29 is 14.3 Å². The van der Waals surface area contributed by atoms with Gasteiger partial charge >= 0.3 is 5.97 Å². The van der Waals surface area contributed by atoms with Crippen molar-refractivity contribution in [1.82, 2.24) is 4.90 Å². The second kappa shape index (κ2) is 8.18. The van der Waals surface area contributed by atoms with Gasteiger partial charge in [-0.1, -0.05) is 47.1 Å². The second-order valence-corrected chi connectivity index (χ2v) is 16.1. The molecule has 0 aliphatic heterocycles. The number of carbonyl (C=O) groups excluding carboxylic acids is 2. The third kappa shape index (κ3) is 3.42. The fraction of sp³-hybridized carbons (Fsp3) is 0.879. The van der Waals surface area contributed by atoms with Gasteiger partial charge in [-0.05, 0) is 124 Å². The third-order valence-corrected chi connectivity index (χ3v) is 13.9. The van der Waals surface area contributed by atoms with E-state index in [4.69, 9.17) is 4.74 Å². The molecule has 0 heterocycles. The first-order valence-electron chi connectivity index (χ1n) is 15.0. The molecule has 5 aliphatic rings. The molecule has 4 fully saturated rings. The number of allylic oxidation sites excluding steroid dienone is 2. The van der Waals surface area contributed by atoms with Crippen LogP contribution in [0.2, 0.25) is 0 Å². The largest absolute Gasteiger partial charge is 0.469 e. The quantitative estimate of drug-likeness (QED) is 0.372. The second-order valence-electron chi connectivity index (χ2n) is 16.1. The molecular formula is C33H53NO3. The molecule has 4 nitrogen and oxygen atoms in total. The van der Waals surface area contributed by atoms with Gasteiger partial charge in [0.1, 0.15) is 0 Å². The molecule has 208 valence electrons. The monoisotopic (exact) mass is 511 g/mol. The lowest BCUT2D eigenvalue weighted by atomic mass is 9.33. The van der Waals surface area contributed by atoms with Crippen LogP contribution in [0.25, 0.3) is 0 Å². The van der Waals surface area contributed by atoms with Crippen molar-refractivity contribution in [2.45, 2.75) is 112 Å². The van der Waals surface area contributed by atoms with Crippen molar-refractivity contribution in [2.24, 2.45) is 50.2 Å². The Morgan fingerprint density at radius 3 is 2.19 bits per heavy atom. The Kier molecular flexibility index (Phi) is 6.06. The zero-order valence-corrected chi connectivity index (χ0v) is 25.4. The summed E-state index contributed by atoms with van der Waals surface area (Å²) < 4.78 is 5.28. The van der Waals surface area contributed by atoms with Crippen LogP contribution in [-0.4, -0.2) is 43.9 Å². The van der Waals surface area contributed by atoms with Gasteiger partial charge in [0.2, 0.25) is 0 Å². The number of ether oxygens (including phenoxy) is 1. The normalized spacial score (nSPS) is 50.8. The van der Waals surface area contributed by atoms with Crippen LogP contribution in [0.4, 0.5) is 0 Å². The fourth-order valence-corrected chi connectivity index (χ4v) is 11.5. The number of fused-ring (bicyclic) bond motifs is 7. The number of methoxy groups -OCH3 is 1. The summed E-state index contributed by atoms with van der Waals surface area (Å²) in [5.41, 5.74) is 1.25. The van der Waals surface area contributed by atoms with Gasteiger partial charge in [-0.3, -0.25) is 9.59 Å². The number of rotatable bonds is 2. The molecule has 0 bridgehead atoms. The zero-order chi connectivity index (χ0) is 27.4. The van der Waals surface area contributed by atoms with Crippen molar-refractivity contribution in [2.75, 3.05) is 21.2 Å². The van der Waals surface area contributed by atoms with E-state index in [0.717, 1.165) is 38.5 Å². The Hall–Kier alpha value is -1.16. The minimum absolute atomic E-state index is 0.000637. The maximum Gasteiger partial charge on any atom is 0.311 e. The van der Waals surface area contributed by atoms with E-state index in [9.17, 15) is 9.59 Å².